The van der Waals surface area contributed by atoms with Crippen molar-refractivity contribution in [1.82, 2.24) is 24.1 Å². The summed E-state index contributed by atoms with van der Waals surface area (Å²) < 4.78 is 9.53. The second kappa shape index (κ2) is 11.6. The number of rotatable bonds is 6. The zero-order valence-corrected chi connectivity index (χ0v) is 23.6. The molecule has 1 aliphatic carbocycles. The third-order valence-corrected chi connectivity index (χ3v) is 7.81. The van der Waals surface area contributed by atoms with Gasteiger partial charge in [-0.25, -0.2) is 9.50 Å². The monoisotopic (exact) mass is 548 g/mol. The number of fused-ring (bicyclic) bond motifs is 1. The summed E-state index contributed by atoms with van der Waals surface area (Å²) in [7, 11) is 0. The summed E-state index contributed by atoms with van der Waals surface area (Å²) >= 11 is 0. The molecule has 1 saturated heterocycles. The van der Waals surface area contributed by atoms with Crippen LogP contribution >= 0.6 is 0 Å². The first kappa shape index (κ1) is 26.8. The highest BCUT2D eigenvalue weighted by Crippen LogP contribution is 2.37. The second-order valence-electron chi connectivity index (χ2n) is 10.3. The lowest BCUT2D eigenvalue weighted by Crippen LogP contribution is -2.44. The van der Waals surface area contributed by atoms with E-state index in [0.717, 1.165) is 59.4 Å². The van der Waals surface area contributed by atoms with E-state index in [4.69, 9.17) is 10.5 Å². The second-order valence-corrected chi connectivity index (χ2v) is 10.3. The highest BCUT2D eigenvalue weighted by atomic mass is 16.5. The molecule has 8 nitrogen and oxygen atoms in total. The van der Waals surface area contributed by atoms with Gasteiger partial charge in [-0.3, -0.25) is 4.79 Å². The van der Waals surface area contributed by atoms with Crippen LogP contribution in [0.1, 0.15) is 49.9 Å². The zero-order valence-electron chi connectivity index (χ0n) is 23.6. The van der Waals surface area contributed by atoms with Gasteiger partial charge in [-0.2, -0.15) is 5.10 Å². The van der Waals surface area contributed by atoms with Gasteiger partial charge in [0.1, 0.15) is 11.8 Å². The number of amides is 1. The number of carbonyl (C=O) groups is 1. The summed E-state index contributed by atoms with van der Waals surface area (Å²) in [6.45, 7) is 5.43. The summed E-state index contributed by atoms with van der Waals surface area (Å²) in [6, 6.07) is 24.8. The molecule has 0 spiro atoms. The van der Waals surface area contributed by atoms with E-state index in [0.29, 0.717) is 30.6 Å². The molecule has 7 rings (SSSR count). The van der Waals surface area contributed by atoms with Crippen LogP contribution in [-0.2, 0) is 4.74 Å². The Balaban J connectivity index is 0.00000148. The summed E-state index contributed by atoms with van der Waals surface area (Å²) in [5.41, 5.74) is 12.6. The fourth-order valence-corrected chi connectivity index (χ4v) is 5.79. The predicted octanol–water partition coefficient (Wildman–Crippen LogP) is 6.25. The molecule has 0 radical (unpaired) electrons. The maximum Gasteiger partial charge on any atom is 0.254 e. The number of ether oxygens (including phenoxy) is 1. The lowest BCUT2D eigenvalue weighted by molar-refractivity contribution is 0.0267. The molecule has 8 heteroatoms. The third-order valence-electron chi connectivity index (χ3n) is 7.81. The largest absolute Gasteiger partial charge is 0.382 e. The van der Waals surface area contributed by atoms with Crippen molar-refractivity contribution in [3.8, 4) is 28.2 Å². The van der Waals surface area contributed by atoms with E-state index < -0.39 is 0 Å². The van der Waals surface area contributed by atoms with Crippen molar-refractivity contribution in [2.75, 3.05) is 18.9 Å². The fraction of sp³-hybridized carbons (Fsp3) is 0.303. The van der Waals surface area contributed by atoms with Crippen molar-refractivity contribution >= 4 is 17.2 Å². The van der Waals surface area contributed by atoms with Crippen LogP contribution in [0.5, 0.6) is 0 Å². The van der Waals surface area contributed by atoms with E-state index in [1.54, 1.807) is 0 Å². The molecule has 41 heavy (non-hydrogen) atoms. The Hall–Kier alpha value is -4.43. The van der Waals surface area contributed by atoms with Gasteiger partial charge in [0.25, 0.3) is 5.91 Å². The lowest BCUT2D eigenvalue weighted by atomic mass is 10.0. The van der Waals surface area contributed by atoms with Crippen LogP contribution in [0.2, 0.25) is 0 Å². The van der Waals surface area contributed by atoms with Crippen LogP contribution in [0.4, 0.5) is 5.82 Å². The van der Waals surface area contributed by atoms with Gasteiger partial charge in [0.05, 0.1) is 11.4 Å². The van der Waals surface area contributed by atoms with Gasteiger partial charge in [0.15, 0.2) is 5.82 Å². The Morgan fingerprint density at radius 2 is 1.66 bits per heavy atom. The third kappa shape index (κ3) is 5.11. The van der Waals surface area contributed by atoms with Crippen molar-refractivity contribution in [1.29, 1.82) is 0 Å². The normalized spacial score (nSPS) is 15.4. The number of nitrogens with two attached hydrogens (primary N) is 1. The summed E-state index contributed by atoms with van der Waals surface area (Å²) in [5.74, 6) is 0.498. The number of hydrogen-bond acceptors (Lipinski definition) is 5. The van der Waals surface area contributed by atoms with Crippen molar-refractivity contribution in [2.45, 2.75) is 51.6 Å². The molecule has 2 aromatic carbocycles. The molecular weight excluding hydrogens is 512 g/mol. The van der Waals surface area contributed by atoms with Gasteiger partial charge in [-0.05, 0) is 68.1 Å². The van der Waals surface area contributed by atoms with Crippen LogP contribution in [0, 0.1) is 0 Å². The maximum absolute atomic E-state index is 13.8. The summed E-state index contributed by atoms with van der Waals surface area (Å²) in [5, 5.41) is 4.58. The SMILES string of the molecule is CC.Nc1ncnn2c(-c3cccc(C(=O)N(C4CCOCC4)C4CC4)c3)cc(-c3cccn3-c3ccccc3)c12. The highest BCUT2D eigenvalue weighted by molar-refractivity contribution is 5.97. The molecule has 0 bridgehead atoms. The molecule has 2 aliphatic rings. The van der Waals surface area contributed by atoms with Gasteiger partial charge in [0, 0.05) is 53.9 Å². The smallest absolute Gasteiger partial charge is 0.254 e. The number of benzene rings is 2. The Morgan fingerprint density at radius 1 is 0.902 bits per heavy atom. The molecule has 4 heterocycles. The summed E-state index contributed by atoms with van der Waals surface area (Å²) in [4.78, 5) is 20.3. The van der Waals surface area contributed by atoms with Crippen molar-refractivity contribution < 1.29 is 9.53 Å². The van der Waals surface area contributed by atoms with E-state index in [9.17, 15) is 4.79 Å². The van der Waals surface area contributed by atoms with Crippen molar-refractivity contribution in [3.05, 3.63) is 90.9 Å². The number of nitrogen functional groups attached to an aromatic ring is 1. The molecule has 0 unspecified atom stereocenters. The minimum absolute atomic E-state index is 0.0967. The first-order valence-electron chi connectivity index (χ1n) is 14.6. The molecular formula is C33H36N6O2. The van der Waals surface area contributed by atoms with Gasteiger partial charge >= 0.3 is 0 Å². The Kier molecular flexibility index (Phi) is 7.57. The fourth-order valence-electron chi connectivity index (χ4n) is 5.79. The molecule has 2 fully saturated rings. The van der Waals surface area contributed by atoms with Gasteiger partial charge < -0.3 is 19.9 Å². The predicted molar refractivity (Wildman–Crippen MR) is 162 cm³/mol. The molecule has 1 saturated carbocycles. The number of anilines is 1. The number of carbonyl (C=O) groups excluding carboxylic acids is 1. The molecule has 1 aliphatic heterocycles. The van der Waals surface area contributed by atoms with E-state index in [2.05, 4.69) is 43.8 Å². The first-order chi connectivity index (χ1) is 20.2. The van der Waals surface area contributed by atoms with Gasteiger partial charge in [-0.1, -0.05) is 44.2 Å². The van der Waals surface area contributed by atoms with Gasteiger partial charge in [-0.15, -0.1) is 0 Å². The minimum Gasteiger partial charge on any atom is -0.382 e. The average Bonchev–Trinajstić information content (AvgIpc) is 3.59. The lowest BCUT2D eigenvalue weighted by Gasteiger charge is -2.34. The number of nitrogens with zero attached hydrogens (tertiary/aromatic N) is 5. The average molecular weight is 549 g/mol. The zero-order chi connectivity index (χ0) is 28.3. The van der Waals surface area contributed by atoms with Gasteiger partial charge in [0.2, 0.25) is 0 Å². The molecule has 0 atom stereocenters. The minimum atomic E-state index is 0.0967. The standard InChI is InChI=1S/C31H30N6O2.C2H6/c32-30-29-26(27-10-5-15-35(27)23-8-2-1-3-9-23)19-28(37(29)34-20-33-30)21-6-4-7-22(18-21)31(38)36(24-11-12-24)25-13-16-39-17-14-25;1-2/h1-10,15,18-20,24-25H,11-14,16-17H2,(H2,32,33,34);1-2H3. The van der Waals surface area contributed by atoms with Crippen LogP contribution in [0.15, 0.2) is 85.3 Å². The van der Waals surface area contributed by atoms with E-state index in [1.807, 2.05) is 73.1 Å². The first-order valence-corrected chi connectivity index (χ1v) is 14.6. The molecule has 5 aromatic rings. The summed E-state index contributed by atoms with van der Waals surface area (Å²) in [6.07, 6.45) is 7.45. The van der Waals surface area contributed by atoms with Crippen molar-refractivity contribution in [3.63, 3.8) is 0 Å². The van der Waals surface area contributed by atoms with Crippen LogP contribution < -0.4 is 5.73 Å². The van der Waals surface area contributed by atoms with E-state index in [-0.39, 0.29) is 11.9 Å². The molecule has 210 valence electrons. The van der Waals surface area contributed by atoms with E-state index in [1.165, 1.54) is 6.33 Å². The Morgan fingerprint density at radius 3 is 2.41 bits per heavy atom. The number of para-hydroxylation sites is 1. The maximum atomic E-state index is 13.8. The van der Waals surface area contributed by atoms with Crippen molar-refractivity contribution in [2.24, 2.45) is 0 Å². The van der Waals surface area contributed by atoms with Crippen LogP contribution in [0.3, 0.4) is 0 Å². The topological polar surface area (TPSA) is 90.7 Å². The number of aromatic nitrogens is 4. The highest BCUT2D eigenvalue weighted by Gasteiger charge is 2.38. The van der Waals surface area contributed by atoms with Crippen LogP contribution in [0.25, 0.3) is 33.7 Å². The molecule has 1 amide bonds. The Labute approximate surface area is 240 Å². The molecule has 2 N–H and O–H groups in total. The Bertz CT molecular complexity index is 1650. The van der Waals surface area contributed by atoms with Crippen LogP contribution in [-0.4, -0.2) is 55.3 Å². The quantitative estimate of drug-likeness (QED) is 0.271. The molecule has 3 aromatic heterocycles. The van der Waals surface area contributed by atoms with E-state index >= 15 is 0 Å². The number of hydrogen-bond donors (Lipinski definition) is 1.